The lowest BCUT2D eigenvalue weighted by Gasteiger charge is -2.12. The quantitative estimate of drug-likeness (QED) is 0.518. The third kappa shape index (κ3) is 2.55. The molecule has 2 heterocycles. The highest BCUT2D eigenvalue weighted by molar-refractivity contribution is 6.38. The van der Waals surface area contributed by atoms with Gasteiger partial charge in [0.15, 0.2) is 0 Å². The van der Waals surface area contributed by atoms with Gasteiger partial charge in [-0.25, -0.2) is 4.68 Å². The summed E-state index contributed by atoms with van der Waals surface area (Å²) in [5, 5.41) is 15.4. The van der Waals surface area contributed by atoms with Crippen LogP contribution >= 0.6 is 23.2 Å². The van der Waals surface area contributed by atoms with Crippen LogP contribution in [-0.4, -0.2) is 19.3 Å². The van der Waals surface area contributed by atoms with E-state index in [1.165, 1.54) is 22.9 Å². The minimum absolute atomic E-state index is 0.0540. The van der Waals surface area contributed by atoms with Gasteiger partial charge in [0.05, 0.1) is 32.2 Å². The van der Waals surface area contributed by atoms with Crippen LogP contribution in [-0.2, 0) is 0 Å². The van der Waals surface area contributed by atoms with Crippen molar-refractivity contribution >= 4 is 39.9 Å². The van der Waals surface area contributed by atoms with Crippen molar-refractivity contribution in [3.05, 3.63) is 61.0 Å². The standard InChI is InChI=1S/C15H12Cl2N4O3/c1-8(2)19-13-7-18-20(12(13)3-4-14(19)22)15-10(16)5-9(21(23)24)6-11(15)17/h3-8H,1-2H3. The van der Waals surface area contributed by atoms with E-state index in [1.54, 1.807) is 16.8 Å². The normalized spacial score (nSPS) is 11.4. The Balaban J connectivity index is 2.31. The zero-order valence-corrected chi connectivity index (χ0v) is 14.2. The Labute approximate surface area is 146 Å². The lowest BCUT2D eigenvalue weighted by Crippen LogP contribution is -2.20. The van der Waals surface area contributed by atoms with Gasteiger partial charge >= 0.3 is 0 Å². The molecule has 24 heavy (non-hydrogen) atoms. The lowest BCUT2D eigenvalue weighted by atomic mass is 10.2. The Morgan fingerprint density at radius 3 is 2.33 bits per heavy atom. The Bertz CT molecular complexity index is 1000. The molecule has 2 aromatic heterocycles. The highest BCUT2D eigenvalue weighted by atomic mass is 35.5. The Hall–Kier alpha value is -2.38. The first kappa shape index (κ1) is 16.5. The summed E-state index contributed by atoms with van der Waals surface area (Å²) in [7, 11) is 0. The third-order valence-electron chi connectivity index (χ3n) is 3.61. The van der Waals surface area contributed by atoms with Crippen LogP contribution < -0.4 is 5.56 Å². The molecule has 0 bridgehead atoms. The predicted molar refractivity (Wildman–Crippen MR) is 92.4 cm³/mol. The second-order valence-electron chi connectivity index (χ2n) is 5.48. The smallest absolute Gasteiger partial charge is 0.272 e. The number of pyridine rings is 1. The van der Waals surface area contributed by atoms with E-state index < -0.39 is 4.92 Å². The molecule has 0 spiro atoms. The van der Waals surface area contributed by atoms with Gasteiger partial charge in [-0.1, -0.05) is 23.2 Å². The summed E-state index contributed by atoms with van der Waals surface area (Å²) in [6.45, 7) is 3.79. The molecule has 0 saturated heterocycles. The molecule has 124 valence electrons. The monoisotopic (exact) mass is 366 g/mol. The highest BCUT2D eigenvalue weighted by Crippen LogP contribution is 2.34. The molecule has 0 amide bonds. The molecule has 0 fully saturated rings. The molecular weight excluding hydrogens is 355 g/mol. The lowest BCUT2D eigenvalue weighted by molar-refractivity contribution is -0.384. The van der Waals surface area contributed by atoms with E-state index in [9.17, 15) is 14.9 Å². The molecule has 0 aliphatic heterocycles. The number of halogens is 2. The summed E-state index contributed by atoms with van der Waals surface area (Å²) >= 11 is 12.4. The van der Waals surface area contributed by atoms with Crippen LogP contribution in [0, 0.1) is 10.1 Å². The van der Waals surface area contributed by atoms with Crippen molar-refractivity contribution in [2.45, 2.75) is 19.9 Å². The van der Waals surface area contributed by atoms with Crippen molar-refractivity contribution in [3.63, 3.8) is 0 Å². The molecule has 3 aromatic rings. The first-order valence-corrected chi connectivity index (χ1v) is 7.80. The fourth-order valence-electron chi connectivity index (χ4n) is 2.61. The van der Waals surface area contributed by atoms with E-state index in [1.807, 2.05) is 13.8 Å². The SMILES string of the molecule is CC(C)n1c(=O)ccc2c1cnn2-c1c(Cl)cc([N+](=O)[O-])cc1Cl. The molecule has 3 rings (SSSR count). The van der Waals surface area contributed by atoms with Gasteiger partial charge in [-0.2, -0.15) is 5.10 Å². The van der Waals surface area contributed by atoms with Crippen LogP contribution in [0.3, 0.4) is 0 Å². The summed E-state index contributed by atoms with van der Waals surface area (Å²) in [5.41, 5.74) is 1.24. The number of fused-ring (bicyclic) bond motifs is 1. The topological polar surface area (TPSA) is 83.0 Å². The molecule has 0 radical (unpaired) electrons. The van der Waals surface area contributed by atoms with E-state index in [-0.39, 0.29) is 27.3 Å². The number of nitrogens with zero attached hydrogens (tertiary/aromatic N) is 4. The van der Waals surface area contributed by atoms with Crippen molar-refractivity contribution in [1.29, 1.82) is 0 Å². The van der Waals surface area contributed by atoms with Gasteiger partial charge in [0, 0.05) is 24.2 Å². The first-order chi connectivity index (χ1) is 11.3. The van der Waals surface area contributed by atoms with Gasteiger partial charge in [-0.05, 0) is 19.9 Å². The number of hydrogen-bond acceptors (Lipinski definition) is 4. The van der Waals surface area contributed by atoms with Crippen molar-refractivity contribution < 1.29 is 4.92 Å². The van der Waals surface area contributed by atoms with Crippen LogP contribution in [0.25, 0.3) is 16.7 Å². The minimum atomic E-state index is -0.570. The van der Waals surface area contributed by atoms with E-state index in [2.05, 4.69) is 5.10 Å². The molecule has 9 heteroatoms. The Kier molecular flexibility index (Phi) is 4.06. The molecule has 0 saturated carbocycles. The largest absolute Gasteiger partial charge is 0.303 e. The maximum absolute atomic E-state index is 12.1. The van der Waals surface area contributed by atoms with Gasteiger partial charge in [0.1, 0.15) is 5.69 Å². The summed E-state index contributed by atoms with van der Waals surface area (Å²) in [5.74, 6) is 0. The second kappa shape index (κ2) is 5.92. The maximum atomic E-state index is 12.1. The van der Waals surface area contributed by atoms with Crippen molar-refractivity contribution in [1.82, 2.24) is 14.3 Å². The van der Waals surface area contributed by atoms with Crippen molar-refractivity contribution in [3.8, 4) is 5.69 Å². The average molecular weight is 367 g/mol. The molecule has 0 aliphatic rings. The van der Waals surface area contributed by atoms with Gasteiger partial charge in [-0.3, -0.25) is 14.9 Å². The Morgan fingerprint density at radius 2 is 1.79 bits per heavy atom. The van der Waals surface area contributed by atoms with E-state index in [0.717, 1.165) is 0 Å². The zero-order valence-electron chi connectivity index (χ0n) is 12.7. The molecule has 0 N–H and O–H groups in total. The van der Waals surface area contributed by atoms with Gasteiger partial charge in [0.2, 0.25) is 0 Å². The summed E-state index contributed by atoms with van der Waals surface area (Å²) in [6.07, 6.45) is 1.55. The molecular formula is C15H12Cl2N4O3. The number of non-ortho nitro benzene ring substituents is 1. The average Bonchev–Trinajstić information content (AvgIpc) is 2.89. The van der Waals surface area contributed by atoms with Crippen LogP contribution in [0.4, 0.5) is 5.69 Å². The molecule has 0 aliphatic carbocycles. The summed E-state index contributed by atoms with van der Waals surface area (Å²) < 4.78 is 3.08. The highest BCUT2D eigenvalue weighted by Gasteiger charge is 2.19. The number of hydrogen-bond donors (Lipinski definition) is 0. The Morgan fingerprint density at radius 1 is 1.17 bits per heavy atom. The molecule has 1 aromatic carbocycles. The summed E-state index contributed by atoms with van der Waals surface area (Å²) in [4.78, 5) is 22.4. The number of benzene rings is 1. The predicted octanol–water partition coefficient (Wildman–Crippen LogP) is 3.98. The van der Waals surface area contributed by atoms with E-state index in [4.69, 9.17) is 23.2 Å². The fraction of sp³-hybridized carbons (Fsp3) is 0.200. The first-order valence-electron chi connectivity index (χ1n) is 7.04. The maximum Gasteiger partial charge on any atom is 0.272 e. The molecule has 0 atom stereocenters. The number of aromatic nitrogens is 3. The van der Waals surface area contributed by atoms with Gasteiger partial charge in [-0.15, -0.1) is 0 Å². The second-order valence-corrected chi connectivity index (χ2v) is 6.29. The minimum Gasteiger partial charge on any atom is -0.303 e. The van der Waals surface area contributed by atoms with E-state index in [0.29, 0.717) is 16.7 Å². The number of nitro groups is 1. The van der Waals surface area contributed by atoms with Crippen molar-refractivity contribution in [2.75, 3.05) is 0 Å². The summed E-state index contributed by atoms with van der Waals surface area (Å²) in [6, 6.07) is 5.44. The van der Waals surface area contributed by atoms with Crippen molar-refractivity contribution in [2.24, 2.45) is 0 Å². The van der Waals surface area contributed by atoms with Crippen LogP contribution in [0.5, 0.6) is 0 Å². The van der Waals surface area contributed by atoms with Crippen LogP contribution in [0.1, 0.15) is 19.9 Å². The van der Waals surface area contributed by atoms with Crippen LogP contribution in [0.2, 0.25) is 10.0 Å². The van der Waals surface area contributed by atoms with Gasteiger partial charge in [0.25, 0.3) is 11.2 Å². The zero-order chi connectivity index (χ0) is 17.6. The van der Waals surface area contributed by atoms with E-state index >= 15 is 0 Å². The molecule has 7 nitrogen and oxygen atoms in total. The van der Waals surface area contributed by atoms with Gasteiger partial charge < -0.3 is 4.57 Å². The van der Waals surface area contributed by atoms with Crippen LogP contribution in [0.15, 0.2) is 35.3 Å². The number of nitro benzene ring substituents is 1. The number of rotatable bonds is 3. The third-order valence-corrected chi connectivity index (χ3v) is 4.18. The molecule has 0 unspecified atom stereocenters. The fourth-order valence-corrected chi connectivity index (χ4v) is 3.25.